The molecular weight excluding hydrogens is 371 g/mol. The van der Waals surface area contributed by atoms with Gasteiger partial charge in [0.2, 0.25) is 5.91 Å². The van der Waals surface area contributed by atoms with E-state index in [0.717, 1.165) is 19.3 Å². The number of nitrogens with zero attached hydrogens (tertiary/aromatic N) is 4. The highest BCUT2D eigenvalue weighted by Crippen LogP contribution is 2.43. The van der Waals surface area contributed by atoms with Gasteiger partial charge in [0.15, 0.2) is 0 Å². The second-order valence-electron chi connectivity index (χ2n) is 7.29. The zero-order valence-corrected chi connectivity index (χ0v) is 15.8. The van der Waals surface area contributed by atoms with E-state index >= 15 is 0 Å². The van der Waals surface area contributed by atoms with Crippen molar-refractivity contribution < 1.29 is 9.18 Å². The van der Waals surface area contributed by atoms with Crippen LogP contribution in [0.5, 0.6) is 0 Å². The summed E-state index contributed by atoms with van der Waals surface area (Å²) in [5.41, 5.74) is 6.83. The van der Waals surface area contributed by atoms with Crippen molar-refractivity contribution in [3.63, 3.8) is 0 Å². The Bertz CT molecular complexity index is 992. The summed E-state index contributed by atoms with van der Waals surface area (Å²) in [6.07, 6.45) is 7.60. The summed E-state index contributed by atoms with van der Waals surface area (Å²) in [5, 5.41) is 11.6. The van der Waals surface area contributed by atoms with Crippen molar-refractivity contribution in [2.24, 2.45) is 5.73 Å². The molecule has 3 aromatic heterocycles. The van der Waals surface area contributed by atoms with Crippen LogP contribution in [-0.2, 0) is 10.2 Å². The standard InChI is InChI=1S/C21H21FN6O/c22-15-5-2-11-25-19(15)21(8-3-9-21)13-26-17-7-6-16(27-28-17)18(20(23)29)14-4-1-10-24-12-14/h1-2,4-7,10-12,18H,3,8-9,13H2,(H2,23,29)(H,26,28). The van der Waals surface area contributed by atoms with Crippen LogP contribution in [0.15, 0.2) is 55.0 Å². The lowest BCUT2D eigenvalue weighted by molar-refractivity contribution is -0.118. The molecule has 3 aromatic rings. The molecule has 0 spiro atoms. The fourth-order valence-electron chi connectivity index (χ4n) is 3.75. The van der Waals surface area contributed by atoms with Gasteiger partial charge in [-0.3, -0.25) is 14.8 Å². The largest absolute Gasteiger partial charge is 0.369 e. The molecule has 0 saturated heterocycles. The quantitative estimate of drug-likeness (QED) is 0.640. The van der Waals surface area contributed by atoms with Gasteiger partial charge in [0, 0.05) is 30.6 Å². The van der Waals surface area contributed by atoms with E-state index in [0.29, 0.717) is 29.3 Å². The lowest BCUT2D eigenvalue weighted by atomic mass is 9.66. The summed E-state index contributed by atoms with van der Waals surface area (Å²) in [7, 11) is 0. The van der Waals surface area contributed by atoms with Crippen LogP contribution in [0.25, 0.3) is 0 Å². The van der Waals surface area contributed by atoms with Crippen LogP contribution in [0.4, 0.5) is 10.2 Å². The van der Waals surface area contributed by atoms with E-state index in [1.54, 1.807) is 48.9 Å². The van der Waals surface area contributed by atoms with Crippen molar-refractivity contribution in [2.45, 2.75) is 30.6 Å². The summed E-state index contributed by atoms with van der Waals surface area (Å²) in [6, 6.07) is 10.0. The van der Waals surface area contributed by atoms with Gasteiger partial charge in [-0.25, -0.2) is 4.39 Å². The summed E-state index contributed by atoms with van der Waals surface area (Å²) >= 11 is 0. The van der Waals surface area contributed by atoms with Crippen molar-refractivity contribution in [3.05, 3.63) is 77.8 Å². The van der Waals surface area contributed by atoms with Gasteiger partial charge < -0.3 is 11.1 Å². The molecule has 1 saturated carbocycles. The highest BCUT2D eigenvalue weighted by molar-refractivity contribution is 5.84. The van der Waals surface area contributed by atoms with Gasteiger partial charge in [-0.2, -0.15) is 5.10 Å². The smallest absolute Gasteiger partial charge is 0.231 e. The molecule has 1 unspecified atom stereocenters. The predicted octanol–water partition coefficient (Wildman–Crippen LogP) is 2.56. The van der Waals surface area contributed by atoms with E-state index in [4.69, 9.17) is 5.73 Å². The maximum absolute atomic E-state index is 14.2. The Morgan fingerprint density at radius 1 is 1.17 bits per heavy atom. The number of primary amides is 1. The minimum atomic E-state index is -0.717. The van der Waals surface area contributed by atoms with E-state index in [1.807, 2.05) is 0 Å². The Balaban J connectivity index is 1.50. The molecule has 148 valence electrons. The number of nitrogens with two attached hydrogens (primary N) is 1. The van der Waals surface area contributed by atoms with Crippen LogP contribution in [0.2, 0.25) is 0 Å². The minimum Gasteiger partial charge on any atom is -0.369 e. The number of hydrogen-bond acceptors (Lipinski definition) is 6. The van der Waals surface area contributed by atoms with Crippen molar-refractivity contribution in [3.8, 4) is 0 Å². The summed E-state index contributed by atoms with van der Waals surface area (Å²) in [5.74, 6) is -0.972. The molecular formula is C21H21FN6O. The van der Waals surface area contributed by atoms with Crippen LogP contribution in [0.3, 0.4) is 0 Å². The molecule has 29 heavy (non-hydrogen) atoms. The first kappa shape index (κ1) is 18.9. The second-order valence-corrected chi connectivity index (χ2v) is 7.29. The van der Waals surface area contributed by atoms with Crippen molar-refractivity contribution >= 4 is 11.7 Å². The molecule has 1 aliphatic carbocycles. The van der Waals surface area contributed by atoms with E-state index in [1.165, 1.54) is 6.07 Å². The molecule has 4 rings (SSSR count). The first-order valence-electron chi connectivity index (χ1n) is 9.47. The molecule has 3 heterocycles. The third kappa shape index (κ3) is 3.78. The van der Waals surface area contributed by atoms with Gasteiger partial charge in [0.1, 0.15) is 17.6 Å². The molecule has 7 nitrogen and oxygen atoms in total. The highest BCUT2D eigenvalue weighted by Gasteiger charge is 2.41. The number of anilines is 1. The Morgan fingerprint density at radius 3 is 2.59 bits per heavy atom. The lowest BCUT2D eigenvalue weighted by Gasteiger charge is -2.41. The SMILES string of the molecule is NC(=O)C(c1cccnc1)c1ccc(NCC2(c3ncccc3F)CCC2)nn1. The summed E-state index contributed by atoms with van der Waals surface area (Å²) in [6.45, 7) is 0.511. The number of nitrogens with one attached hydrogen (secondary N) is 1. The number of carbonyl (C=O) groups excluding carboxylic acids is 1. The van der Waals surface area contributed by atoms with Gasteiger partial charge in [-0.05, 0) is 48.7 Å². The first-order chi connectivity index (χ1) is 14.1. The lowest BCUT2D eigenvalue weighted by Crippen LogP contribution is -2.42. The van der Waals surface area contributed by atoms with Crippen molar-refractivity contribution in [2.75, 3.05) is 11.9 Å². The fraction of sp³-hybridized carbons (Fsp3) is 0.286. The van der Waals surface area contributed by atoms with Crippen LogP contribution < -0.4 is 11.1 Å². The zero-order chi connectivity index (χ0) is 20.3. The Kier molecular flexibility index (Phi) is 5.16. The molecule has 1 fully saturated rings. The number of hydrogen-bond donors (Lipinski definition) is 2. The molecule has 0 aromatic carbocycles. The molecule has 0 aliphatic heterocycles. The van der Waals surface area contributed by atoms with Gasteiger partial charge in [-0.1, -0.05) is 12.5 Å². The molecule has 8 heteroatoms. The summed E-state index contributed by atoms with van der Waals surface area (Å²) in [4.78, 5) is 20.2. The number of aromatic nitrogens is 4. The Labute approximate surface area is 167 Å². The Morgan fingerprint density at radius 2 is 2.00 bits per heavy atom. The predicted molar refractivity (Wildman–Crippen MR) is 106 cm³/mol. The molecule has 1 amide bonds. The average molecular weight is 392 g/mol. The third-order valence-electron chi connectivity index (χ3n) is 5.46. The van der Waals surface area contributed by atoms with Gasteiger partial charge in [0.05, 0.1) is 11.4 Å². The Hall–Kier alpha value is -3.42. The van der Waals surface area contributed by atoms with Crippen LogP contribution in [0.1, 0.15) is 42.1 Å². The molecule has 3 N–H and O–H groups in total. The zero-order valence-electron chi connectivity index (χ0n) is 15.8. The number of rotatable bonds is 7. The van der Waals surface area contributed by atoms with Crippen LogP contribution >= 0.6 is 0 Å². The van der Waals surface area contributed by atoms with Crippen molar-refractivity contribution in [1.82, 2.24) is 20.2 Å². The molecule has 0 bridgehead atoms. The number of amides is 1. The monoisotopic (exact) mass is 392 g/mol. The van der Waals surface area contributed by atoms with Crippen molar-refractivity contribution in [1.29, 1.82) is 0 Å². The second kappa shape index (κ2) is 7.90. The van der Waals surface area contributed by atoms with Crippen LogP contribution in [0, 0.1) is 5.82 Å². The minimum absolute atomic E-state index is 0.281. The number of pyridine rings is 2. The normalized spacial score (nSPS) is 15.9. The maximum atomic E-state index is 14.2. The van der Waals surface area contributed by atoms with E-state index < -0.39 is 11.8 Å². The fourth-order valence-corrected chi connectivity index (χ4v) is 3.75. The number of carbonyl (C=O) groups is 1. The summed E-state index contributed by atoms with van der Waals surface area (Å²) < 4.78 is 14.2. The molecule has 1 aliphatic rings. The van der Waals surface area contributed by atoms with Gasteiger partial charge >= 0.3 is 0 Å². The maximum Gasteiger partial charge on any atom is 0.231 e. The number of halogens is 1. The van der Waals surface area contributed by atoms with Gasteiger partial charge in [0.25, 0.3) is 0 Å². The molecule has 0 radical (unpaired) electrons. The van der Waals surface area contributed by atoms with Gasteiger partial charge in [-0.15, -0.1) is 5.10 Å². The van der Waals surface area contributed by atoms with E-state index in [9.17, 15) is 9.18 Å². The highest BCUT2D eigenvalue weighted by atomic mass is 19.1. The third-order valence-corrected chi connectivity index (χ3v) is 5.46. The first-order valence-corrected chi connectivity index (χ1v) is 9.47. The topological polar surface area (TPSA) is 107 Å². The molecule has 1 atom stereocenters. The average Bonchev–Trinajstić information content (AvgIpc) is 2.70. The van der Waals surface area contributed by atoms with E-state index in [-0.39, 0.29) is 11.2 Å². The van der Waals surface area contributed by atoms with Crippen LogP contribution in [-0.4, -0.2) is 32.6 Å². The van der Waals surface area contributed by atoms with E-state index in [2.05, 4.69) is 25.5 Å².